The number of aromatic carboxylic acids is 1. The molecule has 0 fully saturated rings. The number of rotatable bonds is 9. The van der Waals surface area contributed by atoms with E-state index in [1.807, 2.05) is 13.0 Å². The van der Waals surface area contributed by atoms with Crippen LogP contribution in [0, 0.1) is 0 Å². The van der Waals surface area contributed by atoms with Gasteiger partial charge in [-0.15, -0.1) is 0 Å². The molecule has 0 saturated carbocycles. The van der Waals surface area contributed by atoms with E-state index in [-0.39, 0.29) is 17.2 Å². The molecule has 32 heavy (non-hydrogen) atoms. The number of hydrogen-bond acceptors (Lipinski definition) is 4. The first-order valence-corrected chi connectivity index (χ1v) is 11.1. The van der Waals surface area contributed by atoms with Crippen LogP contribution in [0.4, 0.5) is 5.69 Å². The summed E-state index contributed by atoms with van der Waals surface area (Å²) in [6, 6.07) is 13.4. The van der Waals surface area contributed by atoms with Crippen LogP contribution >= 0.6 is 46.4 Å². The fourth-order valence-electron chi connectivity index (χ4n) is 2.88. The first-order chi connectivity index (χ1) is 15.3. The molecule has 0 bridgehead atoms. The van der Waals surface area contributed by atoms with Gasteiger partial charge in [-0.25, -0.2) is 4.79 Å². The zero-order valence-electron chi connectivity index (χ0n) is 16.9. The number of halogens is 4. The van der Waals surface area contributed by atoms with Gasteiger partial charge in [0.25, 0.3) is 0 Å². The fourth-order valence-corrected chi connectivity index (χ4v) is 3.68. The van der Waals surface area contributed by atoms with Crippen molar-refractivity contribution < 1.29 is 19.4 Å². The van der Waals surface area contributed by atoms with E-state index in [4.69, 9.17) is 61.0 Å². The van der Waals surface area contributed by atoms with Crippen molar-refractivity contribution in [3.05, 3.63) is 85.3 Å². The van der Waals surface area contributed by atoms with Crippen molar-refractivity contribution in [3.63, 3.8) is 0 Å². The second-order valence-electron chi connectivity index (χ2n) is 6.71. The van der Waals surface area contributed by atoms with E-state index >= 15 is 0 Å². The Hall–Kier alpha value is -2.31. The fraction of sp³-hybridized carbons (Fsp3) is 0.174. The standard InChI is InChI=1S/C23H19Cl4NO4/c1-2-31-21-8-14(11-28-15-4-5-16(23(29)30)19(26)9-15)18(25)10-22(21)32-12-13-3-6-17(24)20(27)7-13/h3-10,28H,2,11-12H2,1H3,(H,29,30). The van der Waals surface area contributed by atoms with Gasteiger partial charge < -0.3 is 19.9 Å². The van der Waals surface area contributed by atoms with Crippen LogP contribution in [-0.4, -0.2) is 17.7 Å². The Labute approximate surface area is 205 Å². The van der Waals surface area contributed by atoms with Crippen LogP contribution in [0.1, 0.15) is 28.4 Å². The highest BCUT2D eigenvalue weighted by atomic mass is 35.5. The number of ether oxygens (including phenoxy) is 2. The molecule has 0 spiro atoms. The van der Waals surface area contributed by atoms with Crippen molar-refractivity contribution in [2.45, 2.75) is 20.1 Å². The Morgan fingerprint density at radius 2 is 1.62 bits per heavy atom. The Morgan fingerprint density at radius 1 is 0.875 bits per heavy atom. The summed E-state index contributed by atoms with van der Waals surface area (Å²) in [5, 5.41) is 13.8. The average Bonchev–Trinajstić information content (AvgIpc) is 2.75. The SMILES string of the molecule is CCOc1cc(CNc2ccc(C(=O)O)c(Cl)c2)c(Cl)cc1OCc1ccc(Cl)c(Cl)c1. The summed E-state index contributed by atoms with van der Waals surface area (Å²) in [5.74, 6) is -0.0315. The van der Waals surface area contributed by atoms with Gasteiger partial charge >= 0.3 is 5.97 Å². The van der Waals surface area contributed by atoms with Gasteiger partial charge in [-0.3, -0.25) is 0 Å². The molecule has 0 unspecified atom stereocenters. The molecule has 0 heterocycles. The molecule has 3 aromatic carbocycles. The molecular weight excluding hydrogens is 496 g/mol. The predicted octanol–water partition coefficient (Wildman–Crippen LogP) is 7.59. The number of hydrogen-bond donors (Lipinski definition) is 2. The molecular formula is C23H19Cl4NO4. The highest BCUT2D eigenvalue weighted by molar-refractivity contribution is 6.42. The normalized spacial score (nSPS) is 10.7. The first kappa shape index (κ1) is 24.3. The third-order valence-corrected chi connectivity index (χ3v) is 5.88. The maximum absolute atomic E-state index is 11.1. The lowest BCUT2D eigenvalue weighted by Gasteiger charge is -2.16. The Kier molecular flexibility index (Phi) is 8.38. The summed E-state index contributed by atoms with van der Waals surface area (Å²) in [7, 11) is 0. The van der Waals surface area contributed by atoms with E-state index in [9.17, 15) is 4.79 Å². The lowest BCUT2D eigenvalue weighted by atomic mass is 10.1. The van der Waals surface area contributed by atoms with E-state index in [1.54, 1.807) is 36.4 Å². The Balaban J connectivity index is 1.75. The van der Waals surface area contributed by atoms with Crippen LogP contribution in [0.25, 0.3) is 0 Å². The molecule has 168 valence electrons. The maximum Gasteiger partial charge on any atom is 0.337 e. The minimum absolute atomic E-state index is 0.0392. The molecule has 0 atom stereocenters. The molecule has 9 heteroatoms. The molecule has 0 saturated heterocycles. The van der Waals surface area contributed by atoms with Crippen LogP contribution in [0.5, 0.6) is 11.5 Å². The summed E-state index contributed by atoms with van der Waals surface area (Å²) >= 11 is 24.5. The van der Waals surface area contributed by atoms with Crippen LogP contribution in [0.15, 0.2) is 48.5 Å². The number of anilines is 1. The highest BCUT2D eigenvalue weighted by Crippen LogP contribution is 2.35. The average molecular weight is 515 g/mol. The van der Waals surface area contributed by atoms with E-state index in [2.05, 4.69) is 5.32 Å². The molecule has 0 aliphatic heterocycles. The molecule has 0 aromatic heterocycles. The van der Waals surface area contributed by atoms with Gasteiger partial charge in [0.2, 0.25) is 0 Å². The topological polar surface area (TPSA) is 67.8 Å². The Bertz CT molecular complexity index is 1140. The number of benzene rings is 3. The van der Waals surface area contributed by atoms with Crippen molar-refractivity contribution >= 4 is 58.1 Å². The summed E-state index contributed by atoms with van der Waals surface area (Å²) in [6.07, 6.45) is 0. The van der Waals surface area contributed by atoms with Gasteiger partial charge in [-0.1, -0.05) is 52.5 Å². The molecule has 3 rings (SSSR count). The van der Waals surface area contributed by atoms with E-state index in [1.165, 1.54) is 6.07 Å². The van der Waals surface area contributed by atoms with E-state index < -0.39 is 5.97 Å². The van der Waals surface area contributed by atoms with Gasteiger partial charge in [-0.2, -0.15) is 0 Å². The van der Waals surface area contributed by atoms with Crippen molar-refractivity contribution in [1.29, 1.82) is 0 Å². The number of carboxylic acid groups (broad SMARTS) is 1. The lowest BCUT2D eigenvalue weighted by Crippen LogP contribution is -2.05. The Morgan fingerprint density at radius 3 is 2.28 bits per heavy atom. The summed E-state index contributed by atoms with van der Waals surface area (Å²) in [5.41, 5.74) is 2.33. The molecule has 0 aliphatic carbocycles. The quantitative estimate of drug-likeness (QED) is 0.308. The summed E-state index contributed by atoms with van der Waals surface area (Å²) in [6.45, 7) is 2.96. The summed E-state index contributed by atoms with van der Waals surface area (Å²) in [4.78, 5) is 11.1. The van der Waals surface area contributed by atoms with E-state index in [0.29, 0.717) is 45.4 Å². The van der Waals surface area contributed by atoms with Crippen molar-refractivity contribution in [1.82, 2.24) is 0 Å². The minimum atomic E-state index is -1.08. The van der Waals surface area contributed by atoms with Gasteiger partial charge in [0.15, 0.2) is 11.5 Å². The van der Waals surface area contributed by atoms with Crippen LogP contribution < -0.4 is 14.8 Å². The monoisotopic (exact) mass is 513 g/mol. The molecule has 0 radical (unpaired) electrons. The molecule has 0 amide bonds. The maximum atomic E-state index is 11.1. The molecule has 5 nitrogen and oxygen atoms in total. The van der Waals surface area contributed by atoms with Crippen molar-refractivity contribution in [2.75, 3.05) is 11.9 Å². The highest BCUT2D eigenvalue weighted by Gasteiger charge is 2.13. The van der Waals surface area contributed by atoms with E-state index in [0.717, 1.165) is 11.1 Å². The lowest BCUT2D eigenvalue weighted by molar-refractivity contribution is 0.0697. The van der Waals surface area contributed by atoms with Crippen molar-refractivity contribution in [2.24, 2.45) is 0 Å². The second kappa shape index (κ2) is 11.0. The largest absolute Gasteiger partial charge is 0.490 e. The predicted molar refractivity (Wildman–Crippen MR) is 129 cm³/mol. The molecule has 3 aromatic rings. The van der Waals surface area contributed by atoms with Gasteiger partial charge in [0, 0.05) is 23.3 Å². The van der Waals surface area contributed by atoms with Gasteiger partial charge in [0.05, 0.1) is 27.2 Å². The third kappa shape index (κ3) is 6.14. The number of carboxylic acids is 1. The van der Waals surface area contributed by atoms with Gasteiger partial charge in [-0.05, 0) is 54.4 Å². The third-order valence-electron chi connectivity index (χ3n) is 4.47. The van der Waals surface area contributed by atoms with Crippen molar-refractivity contribution in [3.8, 4) is 11.5 Å². The number of carbonyl (C=O) groups is 1. The molecule has 2 N–H and O–H groups in total. The minimum Gasteiger partial charge on any atom is -0.490 e. The van der Waals surface area contributed by atoms with Crippen LogP contribution in [0.2, 0.25) is 20.1 Å². The smallest absolute Gasteiger partial charge is 0.337 e. The zero-order chi connectivity index (χ0) is 23.3. The zero-order valence-corrected chi connectivity index (χ0v) is 19.9. The first-order valence-electron chi connectivity index (χ1n) is 9.57. The second-order valence-corrected chi connectivity index (χ2v) is 8.34. The van der Waals surface area contributed by atoms with Gasteiger partial charge in [0.1, 0.15) is 6.61 Å². The van der Waals surface area contributed by atoms with Crippen LogP contribution in [-0.2, 0) is 13.2 Å². The molecule has 0 aliphatic rings. The number of nitrogens with one attached hydrogen (secondary N) is 1. The summed E-state index contributed by atoms with van der Waals surface area (Å²) < 4.78 is 11.6. The van der Waals surface area contributed by atoms with Crippen LogP contribution in [0.3, 0.4) is 0 Å².